The molecule has 0 radical (unpaired) electrons. The van der Waals surface area contributed by atoms with Gasteiger partial charge in [0.15, 0.2) is 0 Å². The molecule has 1 aromatic rings. The predicted molar refractivity (Wildman–Crippen MR) is 72.4 cm³/mol. The Morgan fingerprint density at radius 1 is 1.53 bits per heavy atom. The average Bonchev–Trinajstić information content (AvgIpc) is 3.23. The molecule has 0 bridgehead atoms. The fourth-order valence-corrected chi connectivity index (χ4v) is 2.15. The van der Waals surface area contributed by atoms with Gasteiger partial charge in [-0.25, -0.2) is 0 Å². The molecule has 0 aliphatic heterocycles. The first kappa shape index (κ1) is 13.3. The van der Waals surface area contributed by atoms with E-state index in [1.165, 1.54) is 6.07 Å². The largest absolute Gasteiger partial charge is 0.383 e. The molecular formula is C13H17N3O3. The summed E-state index contributed by atoms with van der Waals surface area (Å²) >= 11 is 0. The minimum Gasteiger partial charge on any atom is -0.383 e. The lowest BCUT2D eigenvalue weighted by Crippen LogP contribution is -2.32. The standard InChI is InChI=1S/C13H17N3O3/c1-3-15(10-5-6-10)13(17)9-4-7-11(14-2)12(8-9)16(18)19/h4,7-8,10,14H,3,5-6H2,1-2H3. The minimum atomic E-state index is -0.476. The number of nitro groups is 1. The van der Waals surface area contributed by atoms with E-state index in [-0.39, 0.29) is 11.6 Å². The highest BCUT2D eigenvalue weighted by Gasteiger charge is 2.32. The van der Waals surface area contributed by atoms with Gasteiger partial charge in [-0.15, -0.1) is 0 Å². The van der Waals surface area contributed by atoms with Crippen molar-refractivity contribution >= 4 is 17.3 Å². The Labute approximate surface area is 111 Å². The van der Waals surface area contributed by atoms with Crippen molar-refractivity contribution in [2.24, 2.45) is 0 Å². The highest BCUT2D eigenvalue weighted by atomic mass is 16.6. The molecule has 1 N–H and O–H groups in total. The number of amides is 1. The first-order chi connectivity index (χ1) is 9.08. The van der Waals surface area contributed by atoms with Gasteiger partial charge < -0.3 is 10.2 Å². The summed E-state index contributed by atoms with van der Waals surface area (Å²) in [6.07, 6.45) is 2.05. The van der Waals surface area contributed by atoms with Gasteiger partial charge >= 0.3 is 0 Å². The van der Waals surface area contributed by atoms with Crippen molar-refractivity contribution in [3.8, 4) is 0 Å². The van der Waals surface area contributed by atoms with Crippen molar-refractivity contribution in [3.05, 3.63) is 33.9 Å². The van der Waals surface area contributed by atoms with E-state index in [0.29, 0.717) is 23.8 Å². The van der Waals surface area contributed by atoms with Gasteiger partial charge in [-0.1, -0.05) is 0 Å². The van der Waals surface area contributed by atoms with Crippen molar-refractivity contribution in [3.63, 3.8) is 0 Å². The lowest BCUT2D eigenvalue weighted by Gasteiger charge is -2.20. The Bertz CT molecular complexity index is 512. The summed E-state index contributed by atoms with van der Waals surface area (Å²) in [6.45, 7) is 2.55. The molecule has 1 saturated carbocycles. The lowest BCUT2D eigenvalue weighted by atomic mass is 10.1. The summed E-state index contributed by atoms with van der Waals surface area (Å²) < 4.78 is 0. The maximum Gasteiger partial charge on any atom is 0.293 e. The molecule has 1 fully saturated rings. The molecule has 1 aromatic carbocycles. The number of nitrogens with zero attached hydrogens (tertiary/aromatic N) is 2. The summed E-state index contributed by atoms with van der Waals surface area (Å²) in [5, 5.41) is 13.7. The van der Waals surface area contributed by atoms with Crippen LogP contribution in [0, 0.1) is 10.1 Å². The van der Waals surface area contributed by atoms with Gasteiger partial charge in [-0.05, 0) is 31.9 Å². The van der Waals surface area contributed by atoms with Gasteiger partial charge in [0.05, 0.1) is 4.92 Å². The molecule has 0 heterocycles. The number of nitro benzene ring substituents is 1. The Balaban J connectivity index is 2.31. The van der Waals surface area contributed by atoms with Gasteiger partial charge in [-0.3, -0.25) is 14.9 Å². The SMILES string of the molecule is CCN(C(=O)c1ccc(NC)c([N+](=O)[O-])c1)C1CC1. The number of nitrogens with one attached hydrogen (secondary N) is 1. The molecule has 0 spiro atoms. The first-order valence-electron chi connectivity index (χ1n) is 6.35. The second kappa shape index (κ2) is 5.26. The molecule has 1 amide bonds. The molecular weight excluding hydrogens is 246 g/mol. The summed E-state index contributed by atoms with van der Waals surface area (Å²) in [5.74, 6) is -0.129. The van der Waals surface area contributed by atoms with Crippen molar-refractivity contribution in [1.82, 2.24) is 4.90 Å². The quantitative estimate of drug-likeness (QED) is 0.653. The van der Waals surface area contributed by atoms with Crippen LogP contribution in [0.5, 0.6) is 0 Å². The van der Waals surface area contributed by atoms with Crippen LogP contribution in [0.3, 0.4) is 0 Å². The summed E-state index contributed by atoms with van der Waals surface area (Å²) in [4.78, 5) is 24.6. The maximum atomic E-state index is 12.3. The minimum absolute atomic E-state index is 0.0693. The van der Waals surface area contributed by atoms with E-state index < -0.39 is 4.92 Å². The summed E-state index contributed by atoms with van der Waals surface area (Å²) in [6, 6.07) is 4.86. The van der Waals surface area contributed by atoms with E-state index in [9.17, 15) is 14.9 Å². The number of carbonyl (C=O) groups excluding carboxylic acids is 1. The number of carbonyl (C=O) groups is 1. The molecule has 2 rings (SSSR count). The average molecular weight is 263 g/mol. The van der Waals surface area contributed by atoms with E-state index in [0.717, 1.165) is 12.8 Å². The molecule has 102 valence electrons. The number of anilines is 1. The topological polar surface area (TPSA) is 75.5 Å². The van der Waals surface area contributed by atoms with Crippen molar-refractivity contribution < 1.29 is 9.72 Å². The molecule has 0 unspecified atom stereocenters. The number of benzene rings is 1. The van der Waals surface area contributed by atoms with Crippen molar-refractivity contribution in [2.45, 2.75) is 25.8 Å². The molecule has 0 aromatic heterocycles. The lowest BCUT2D eigenvalue weighted by molar-refractivity contribution is -0.384. The zero-order valence-corrected chi connectivity index (χ0v) is 11.0. The van der Waals surface area contributed by atoms with Gasteiger partial charge in [0.25, 0.3) is 11.6 Å². The van der Waals surface area contributed by atoms with Crippen LogP contribution in [0.4, 0.5) is 11.4 Å². The third-order valence-corrected chi connectivity index (χ3v) is 3.30. The summed E-state index contributed by atoms with van der Waals surface area (Å²) in [7, 11) is 1.62. The second-order valence-corrected chi connectivity index (χ2v) is 4.56. The highest BCUT2D eigenvalue weighted by molar-refractivity contribution is 5.96. The Morgan fingerprint density at radius 2 is 2.21 bits per heavy atom. The van der Waals surface area contributed by atoms with Gasteiger partial charge in [0, 0.05) is 31.3 Å². The fourth-order valence-electron chi connectivity index (χ4n) is 2.15. The molecule has 6 nitrogen and oxygen atoms in total. The van der Waals surface area contributed by atoms with E-state index in [1.807, 2.05) is 6.92 Å². The Kier molecular flexibility index (Phi) is 3.69. The van der Waals surface area contributed by atoms with Crippen LogP contribution in [0.15, 0.2) is 18.2 Å². The first-order valence-corrected chi connectivity index (χ1v) is 6.35. The molecule has 0 saturated heterocycles. The summed E-state index contributed by atoms with van der Waals surface area (Å²) in [5.41, 5.74) is 0.718. The third kappa shape index (κ3) is 2.67. The Hall–Kier alpha value is -2.11. The van der Waals surface area contributed by atoms with E-state index in [4.69, 9.17) is 0 Å². The predicted octanol–water partition coefficient (Wildman–Crippen LogP) is 2.26. The number of hydrogen-bond donors (Lipinski definition) is 1. The zero-order valence-electron chi connectivity index (χ0n) is 11.0. The van der Waals surface area contributed by atoms with Crippen LogP contribution in [0.25, 0.3) is 0 Å². The molecule has 1 aliphatic rings. The molecule has 19 heavy (non-hydrogen) atoms. The molecule has 1 aliphatic carbocycles. The zero-order chi connectivity index (χ0) is 14.0. The van der Waals surface area contributed by atoms with Crippen LogP contribution in [0.1, 0.15) is 30.1 Å². The normalized spacial score (nSPS) is 14.0. The van der Waals surface area contributed by atoms with Crippen molar-refractivity contribution in [2.75, 3.05) is 18.9 Å². The van der Waals surface area contributed by atoms with Crippen LogP contribution in [0.2, 0.25) is 0 Å². The van der Waals surface area contributed by atoms with E-state index in [1.54, 1.807) is 24.1 Å². The van der Waals surface area contributed by atoms with Crippen LogP contribution >= 0.6 is 0 Å². The van der Waals surface area contributed by atoms with Crippen LogP contribution in [-0.2, 0) is 0 Å². The fraction of sp³-hybridized carbons (Fsp3) is 0.462. The van der Waals surface area contributed by atoms with Crippen molar-refractivity contribution in [1.29, 1.82) is 0 Å². The molecule has 6 heteroatoms. The van der Waals surface area contributed by atoms with Crippen LogP contribution in [-0.4, -0.2) is 35.4 Å². The van der Waals surface area contributed by atoms with Gasteiger partial charge in [-0.2, -0.15) is 0 Å². The number of hydrogen-bond acceptors (Lipinski definition) is 4. The maximum absolute atomic E-state index is 12.3. The third-order valence-electron chi connectivity index (χ3n) is 3.30. The Morgan fingerprint density at radius 3 is 2.68 bits per heavy atom. The monoisotopic (exact) mass is 263 g/mol. The van der Waals surface area contributed by atoms with Gasteiger partial charge in [0.1, 0.15) is 5.69 Å². The molecule has 0 atom stereocenters. The van der Waals surface area contributed by atoms with Crippen LogP contribution < -0.4 is 5.32 Å². The second-order valence-electron chi connectivity index (χ2n) is 4.56. The smallest absolute Gasteiger partial charge is 0.293 e. The highest BCUT2D eigenvalue weighted by Crippen LogP contribution is 2.30. The van der Waals surface area contributed by atoms with Gasteiger partial charge in [0.2, 0.25) is 0 Å². The van der Waals surface area contributed by atoms with E-state index >= 15 is 0 Å². The number of rotatable bonds is 5. The van der Waals surface area contributed by atoms with E-state index in [2.05, 4.69) is 5.32 Å².